The largest absolute Gasteiger partial charge is 0.485 e. The van der Waals surface area contributed by atoms with Crippen LogP contribution in [-0.4, -0.2) is 29.8 Å². The maximum Gasteiger partial charge on any atom is 0.284 e. The number of fused-ring (bicyclic) bond motifs is 1. The van der Waals surface area contributed by atoms with E-state index in [1.165, 1.54) is 6.21 Å². The van der Waals surface area contributed by atoms with Gasteiger partial charge in [0.05, 0.1) is 6.21 Å². The maximum atomic E-state index is 12.0. The molecule has 1 aromatic heterocycles. The Balaban J connectivity index is 1.59. The van der Waals surface area contributed by atoms with Gasteiger partial charge in [-0.2, -0.15) is 5.10 Å². The maximum absolute atomic E-state index is 12.0. The summed E-state index contributed by atoms with van der Waals surface area (Å²) in [5.74, 6) is 0.846. The molecule has 1 aromatic carbocycles. The molecule has 1 atom stereocenters. The molecule has 3 rings (SSSR count). The van der Waals surface area contributed by atoms with Crippen LogP contribution >= 0.6 is 0 Å². The van der Waals surface area contributed by atoms with Crippen molar-refractivity contribution in [2.75, 3.05) is 6.61 Å². The number of nitrogens with zero attached hydrogens (tertiary/aromatic N) is 2. The number of hydrogen-bond acceptors (Lipinski definition) is 5. The second-order valence-corrected chi connectivity index (χ2v) is 4.38. The quantitative estimate of drug-likeness (QED) is 0.682. The third-order valence-electron chi connectivity index (χ3n) is 2.90. The molecule has 1 aliphatic rings. The van der Waals surface area contributed by atoms with E-state index in [0.717, 1.165) is 5.56 Å². The van der Waals surface area contributed by atoms with Crippen molar-refractivity contribution < 1.29 is 14.3 Å². The first-order valence-electron chi connectivity index (χ1n) is 6.44. The van der Waals surface area contributed by atoms with Crippen LogP contribution in [-0.2, 0) is 4.79 Å². The van der Waals surface area contributed by atoms with Crippen LogP contribution in [0.4, 0.5) is 0 Å². The number of nitrogens with one attached hydrogen (secondary N) is 1. The van der Waals surface area contributed by atoms with Gasteiger partial charge in [0.1, 0.15) is 6.61 Å². The molecule has 0 saturated carbocycles. The van der Waals surface area contributed by atoms with Crippen LogP contribution in [0, 0.1) is 0 Å². The highest BCUT2D eigenvalue weighted by atomic mass is 16.6. The fourth-order valence-corrected chi connectivity index (χ4v) is 1.84. The first-order valence-corrected chi connectivity index (χ1v) is 6.44. The number of carbonyl (C=O) groups excluding carboxylic acids is 1. The van der Waals surface area contributed by atoms with E-state index in [-0.39, 0.29) is 12.5 Å². The Bertz CT molecular complexity index is 658. The molecule has 0 saturated heterocycles. The first-order chi connectivity index (χ1) is 10.3. The minimum absolute atomic E-state index is 0.160. The monoisotopic (exact) mass is 283 g/mol. The number of aromatic nitrogens is 1. The Morgan fingerprint density at radius 1 is 1.24 bits per heavy atom. The lowest BCUT2D eigenvalue weighted by Gasteiger charge is -2.24. The van der Waals surface area contributed by atoms with E-state index in [1.54, 1.807) is 36.7 Å². The van der Waals surface area contributed by atoms with E-state index in [1.807, 2.05) is 12.1 Å². The minimum Gasteiger partial charge on any atom is -0.485 e. The van der Waals surface area contributed by atoms with Crippen molar-refractivity contribution in [3.05, 3.63) is 54.4 Å². The van der Waals surface area contributed by atoms with Gasteiger partial charge in [-0.15, -0.1) is 0 Å². The van der Waals surface area contributed by atoms with Gasteiger partial charge < -0.3 is 9.47 Å². The summed E-state index contributed by atoms with van der Waals surface area (Å²) >= 11 is 0. The molecule has 0 unspecified atom stereocenters. The molecule has 2 heterocycles. The van der Waals surface area contributed by atoms with Crippen LogP contribution in [0.3, 0.4) is 0 Å². The Morgan fingerprint density at radius 2 is 2.00 bits per heavy atom. The molecule has 2 aromatic rings. The van der Waals surface area contributed by atoms with E-state index in [9.17, 15) is 4.79 Å². The summed E-state index contributed by atoms with van der Waals surface area (Å²) in [7, 11) is 0. The van der Waals surface area contributed by atoms with Gasteiger partial charge in [0.15, 0.2) is 11.5 Å². The summed E-state index contributed by atoms with van der Waals surface area (Å²) in [5.41, 5.74) is 3.28. The van der Waals surface area contributed by atoms with E-state index < -0.39 is 6.10 Å². The number of ether oxygens (including phenoxy) is 2. The lowest BCUT2D eigenvalue weighted by atomic mass is 10.2. The number of hydrogen-bond donors (Lipinski definition) is 1. The van der Waals surface area contributed by atoms with Crippen LogP contribution < -0.4 is 14.9 Å². The Labute approximate surface area is 121 Å². The van der Waals surface area contributed by atoms with Gasteiger partial charge in [-0.1, -0.05) is 12.1 Å². The summed E-state index contributed by atoms with van der Waals surface area (Å²) in [4.78, 5) is 15.9. The van der Waals surface area contributed by atoms with E-state index in [2.05, 4.69) is 15.5 Å². The minimum atomic E-state index is -0.713. The predicted octanol–water partition coefficient (Wildman–Crippen LogP) is 1.37. The zero-order valence-corrected chi connectivity index (χ0v) is 11.1. The normalized spacial score (nSPS) is 16.7. The van der Waals surface area contributed by atoms with Crippen molar-refractivity contribution in [1.82, 2.24) is 10.4 Å². The van der Waals surface area contributed by atoms with Gasteiger partial charge in [-0.3, -0.25) is 9.78 Å². The summed E-state index contributed by atoms with van der Waals surface area (Å²) in [6, 6.07) is 10.8. The number of carbonyl (C=O) groups is 1. The number of amides is 1. The molecule has 6 nitrogen and oxygen atoms in total. The fraction of sp³-hybridized carbons (Fsp3) is 0.133. The van der Waals surface area contributed by atoms with Crippen molar-refractivity contribution in [3.63, 3.8) is 0 Å². The molecule has 0 radical (unpaired) electrons. The molecular weight excluding hydrogens is 270 g/mol. The van der Waals surface area contributed by atoms with E-state index in [0.29, 0.717) is 11.5 Å². The van der Waals surface area contributed by atoms with Gasteiger partial charge in [0.2, 0.25) is 6.10 Å². The molecule has 1 N–H and O–H groups in total. The Kier molecular flexibility index (Phi) is 3.77. The first kappa shape index (κ1) is 13.1. The second kappa shape index (κ2) is 6.04. The van der Waals surface area contributed by atoms with Gasteiger partial charge >= 0.3 is 0 Å². The zero-order chi connectivity index (χ0) is 14.5. The van der Waals surface area contributed by atoms with E-state index in [4.69, 9.17) is 9.47 Å². The van der Waals surface area contributed by atoms with Gasteiger partial charge in [-0.05, 0) is 29.8 Å². The summed E-state index contributed by atoms with van der Waals surface area (Å²) < 4.78 is 11.1. The lowest BCUT2D eigenvalue weighted by molar-refractivity contribution is -0.130. The Hall–Kier alpha value is -2.89. The van der Waals surface area contributed by atoms with E-state index >= 15 is 0 Å². The number of pyridine rings is 1. The molecule has 106 valence electrons. The number of rotatable bonds is 3. The van der Waals surface area contributed by atoms with Crippen LogP contribution in [0.5, 0.6) is 11.5 Å². The summed E-state index contributed by atoms with van der Waals surface area (Å²) in [6.45, 7) is 0.160. The van der Waals surface area contributed by atoms with Crippen LogP contribution in [0.1, 0.15) is 5.56 Å². The van der Waals surface area contributed by atoms with Crippen molar-refractivity contribution in [2.45, 2.75) is 6.10 Å². The lowest BCUT2D eigenvalue weighted by Crippen LogP contribution is -2.42. The summed E-state index contributed by atoms with van der Waals surface area (Å²) in [6.07, 6.45) is 4.13. The molecule has 0 spiro atoms. The molecule has 21 heavy (non-hydrogen) atoms. The van der Waals surface area contributed by atoms with Gasteiger partial charge in [0, 0.05) is 12.4 Å². The molecule has 0 aliphatic carbocycles. The van der Waals surface area contributed by atoms with Crippen LogP contribution in [0.25, 0.3) is 0 Å². The Morgan fingerprint density at radius 3 is 2.81 bits per heavy atom. The zero-order valence-electron chi connectivity index (χ0n) is 11.1. The fourth-order valence-electron chi connectivity index (χ4n) is 1.84. The average molecular weight is 283 g/mol. The predicted molar refractivity (Wildman–Crippen MR) is 76.3 cm³/mol. The second-order valence-electron chi connectivity index (χ2n) is 4.38. The third kappa shape index (κ3) is 3.17. The van der Waals surface area contributed by atoms with Crippen molar-refractivity contribution in [2.24, 2.45) is 5.10 Å². The number of benzene rings is 1. The van der Waals surface area contributed by atoms with Gasteiger partial charge in [-0.25, -0.2) is 5.43 Å². The molecule has 1 amide bonds. The average Bonchev–Trinajstić information content (AvgIpc) is 2.55. The standard InChI is InChI=1S/C15H13N3O3/c19-15(18-17-9-11-5-7-16-8-6-11)14-10-20-12-3-1-2-4-13(12)21-14/h1-9,14H,10H2,(H,18,19)/t14-/m1/s1. The highest BCUT2D eigenvalue weighted by Crippen LogP contribution is 2.30. The highest BCUT2D eigenvalue weighted by Gasteiger charge is 2.26. The van der Waals surface area contributed by atoms with Gasteiger partial charge in [0.25, 0.3) is 5.91 Å². The number of para-hydroxylation sites is 2. The SMILES string of the molecule is O=C(NN=Cc1ccncc1)[C@H]1COc2ccccc2O1. The third-order valence-corrected chi connectivity index (χ3v) is 2.90. The van der Waals surface area contributed by atoms with Crippen LogP contribution in [0.2, 0.25) is 0 Å². The molecule has 6 heteroatoms. The summed E-state index contributed by atoms with van der Waals surface area (Å²) in [5, 5.41) is 3.88. The highest BCUT2D eigenvalue weighted by molar-refractivity contribution is 5.84. The van der Waals surface area contributed by atoms with Crippen LogP contribution in [0.15, 0.2) is 53.9 Å². The van der Waals surface area contributed by atoms with Crippen molar-refractivity contribution in [1.29, 1.82) is 0 Å². The smallest absolute Gasteiger partial charge is 0.284 e. The van der Waals surface area contributed by atoms with Crippen molar-refractivity contribution in [3.8, 4) is 11.5 Å². The molecular formula is C15H13N3O3. The molecule has 0 bridgehead atoms. The molecule has 0 fully saturated rings. The topological polar surface area (TPSA) is 72.8 Å². The van der Waals surface area contributed by atoms with Crippen molar-refractivity contribution >= 4 is 12.1 Å². The molecule has 1 aliphatic heterocycles. The number of hydrazone groups is 1.